The van der Waals surface area contributed by atoms with Crippen molar-refractivity contribution in [2.45, 2.75) is 76.4 Å². The Morgan fingerprint density at radius 3 is 2.30 bits per heavy atom. The fourth-order valence-corrected chi connectivity index (χ4v) is 6.99. The van der Waals surface area contributed by atoms with Gasteiger partial charge in [-0.05, 0) is 69.5 Å². The first kappa shape index (κ1) is 32.4. The van der Waals surface area contributed by atoms with E-state index >= 15 is 0 Å². The van der Waals surface area contributed by atoms with Crippen LogP contribution < -0.4 is 14.4 Å². The SMILES string of the molecule is COc1ccc(N(CC(=O)N(Cc2cccc(C)c2)[C@@H](C)C(=O)NC2CCCCC2)S(=O)(=O)c2ccc(C)cc2)cc1Cl. The van der Waals surface area contributed by atoms with E-state index in [1.807, 2.05) is 38.1 Å². The number of nitrogens with zero attached hydrogens (tertiary/aromatic N) is 2. The highest BCUT2D eigenvalue weighted by molar-refractivity contribution is 7.92. The van der Waals surface area contributed by atoms with Crippen LogP contribution in [0, 0.1) is 13.8 Å². The minimum absolute atomic E-state index is 0.0335. The zero-order valence-electron chi connectivity index (χ0n) is 25.2. The van der Waals surface area contributed by atoms with Gasteiger partial charge in [0.2, 0.25) is 11.8 Å². The van der Waals surface area contributed by atoms with Gasteiger partial charge in [-0.15, -0.1) is 0 Å². The van der Waals surface area contributed by atoms with Crippen LogP contribution in [-0.4, -0.2) is 50.9 Å². The number of carbonyl (C=O) groups excluding carboxylic acids is 2. The van der Waals surface area contributed by atoms with Crippen molar-refractivity contribution < 1.29 is 22.7 Å². The highest BCUT2D eigenvalue weighted by Gasteiger charge is 2.33. The number of hydrogen-bond acceptors (Lipinski definition) is 5. The summed E-state index contributed by atoms with van der Waals surface area (Å²) >= 11 is 6.40. The second kappa shape index (κ2) is 14.3. The third-order valence-corrected chi connectivity index (χ3v) is 9.95. The van der Waals surface area contributed by atoms with Crippen molar-refractivity contribution in [2.75, 3.05) is 18.0 Å². The molecule has 1 aliphatic carbocycles. The van der Waals surface area contributed by atoms with Crippen LogP contribution in [0.3, 0.4) is 0 Å². The third kappa shape index (κ3) is 8.09. The molecule has 1 fully saturated rings. The Bertz CT molecular complexity index is 1540. The van der Waals surface area contributed by atoms with Crippen molar-refractivity contribution in [2.24, 2.45) is 0 Å². The number of hydrogen-bond donors (Lipinski definition) is 1. The van der Waals surface area contributed by atoms with Crippen LogP contribution in [0.15, 0.2) is 71.6 Å². The van der Waals surface area contributed by atoms with Crippen LogP contribution >= 0.6 is 11.6 Å². The molecule has 0 radical (unpaired) electrons. The van der Waals surface area contributed by atoms with Gasteiger partial charge in [-0.25, -0.2) is 8.42 Å². The molecule has 4 rings (SSSR count). The number of nitrogens with one attached hydrogen (secondary N) is 1. The van der Waals surface area contributed by atoms with Gasteiger partial charge in [-0.3, -0.25) is 13.9 Å². The number of ether oxygens (including phenoxy) is 1. The monoisotopic (exact) mass is 625 g/mol. The van der Waals surface area contributed by atoms with Crippen molar-refractivity contribution in [3.05, 3.63) is 88.4 Å². The highest BCUT2D eigenvalue weighted by atomic mass is 35.5. The number of methoxy groups -OCH3 is 1. The van der Waals surface area contributed by atoms with E-state index in [0.717, 1.165) is 53.1 Å². The van der Waals surface area contributed by atoms with Crippen LogP contribution in [0.1, 0.15) is 55.7 Å². The summed E-state index contributed by atoms with van der Waals surface area (Å²) in [5, 5.41) is 3.32. The number of halogens is 1. The quantitative estimate of drug-likeness (QED) is 0.281. The van der Waals surface area contributed by atoms with Gasteiger partial charge >= 0.3 is 0 Å². The summed E-state index contributed by atoms with van der Waals surface area (Å²) in [6, 6.07) is 17.9. The van der Waals surface area contributed by atoms with Crippen LogP contribution in [-0.2, 0) is 26.2 Å². The molecule has 8 nitrogen and oxygen atoms in total. The predicted octanol–water partition coefficient (Wildman–Crippen LogP) is 6.03. The summed E-state index contributed by atoms with van der Waals surface area (Å²) in [5.41, 5.74) is 2.96. The Labute approximate surface area is 260 Å². The van der Waals surface area contributed by atoms with E-state index in [0.29, 0.717) is 5.75 Å². The van der Waals surface area contributed by atoms with E-state index in [4.69, 9.17) is 16.3 Å². The largest absolute Gasteiger partial charge is 0.495 e. The molecular weight excluding hydrogens is 586 g/mol. The first-order valence-corrected chi connectivity index (χ1v) is 16.4. The normalized spacial score (nSPS) is 14.5. The standard InChI is InChI=1S/C33H40ClN3O5S/c1-23-13-16-29(17-14-23)43(40,41)37(28-15-18-31(42-4)30(34)20-28)22-32(38)36(21-26-10-8-9-24(2)19-26)25(3)33(39)35-27-11-6-5-7-12-27/h8-10,13-20,25,27H,5-7,11-12,21-22H2,1-4H3,(H,35,39)/t25-/m0/s1. The highest BCUT2D eigenvalue weighted by Crippen LogP contribution is 2.32. The molecule has 230 valence electrons. The van der Waals surface area contributed by atoms with Gasteiger partial charge in [0.15, 0.2) is 0 Å². The predicted molar refractivity (Wildman–Crippen MR) is 170 cm³/mol. The maximum absolute atomic E-state index is 14.2. The molecule has 0 aliphatic heterocycles. The number of aryl methyl sites for hydroxylation is 2. The lowest BCUT2D eigenvalue weighted by Gasteiger charge is -2.33. The lowest BCUT2D eigenvalue weighted by molar-refractivity contribution is -0.139. The maximum Gasteiger partial charge on any atom is 0.264 e. The first-order chi connectivity index (χ1) is 20.5. The minimum Gasteiger partial charge on any atom is -0.495 e. The number of carbonyl (C=O) groups is 2. The van der Waals surface area contributed by atoms with Gasteiger partial charge in [0.25, 0.3) is 10.0 Å². The fraction of sp³-hybridized carbons (Fsp3) is 0.394. The molecule has 10 heteroatoms. The molecule has 2 amide bonds. The van der Waals surface area contributed by atoms with Gasteiger partial charge in [-0.1, -0.05) is 78.4 Å². The van der Waals surface area contributed by atoms with E-state index in [9.17, 15) is 18.0 Å². The molecule has 0 heterocycles. The van der Waals surface area contributed by atoms with Gasteiger partial charge in [0, 0.05) is 12.6 Å². The molecule has 43 heavy (non-hydrogen) atoms. The van der Waals surface area contributed by atoms with E-state index in [1.54, 1.807) is 31.2 Å². The van der Waals surface area contributed by atoms with E-state index < -0.39 is 28.5 Å². The number of amides is 2. The van der Waals surface area contributed by atoms with E-state index in [-0.39, 0.29) is 34.1 Å². The summed E-state index contributed by atoms with van der Waals surface area (Å²) in [5.74, 6) is -0.401. The Kier molecular flexibility index (Phi) is 10.7. The molecular formula is C33H40ClN3O5S. The lowest BCUT2D eigenvalue weighted by atomic mass is 9.95. The molecule has 1 atom stereocenters. The molecule has 0 unspecified atom stereocenters. The minimum atomic E-state index is -4.20. The van der Waals surface area contributed by atoms with E-state index in [1.165, 1.54) is 30.2 Å². The third-order valence-electron chi connectivity index (χ3n) is 7.87. The van der Waals surface area contributed by atoms with Crippen molar-refractivity contribution in [3.63, 3.8) is 0 Å². The molecule has 3 aromatic rings. The molecule has 0 spiro atoms. The van der Waals surface area contributed by atoms with Crippen molar-refractivity contribution in [1.29, 1.82) is 0 Å². The van der Waals surface area contributed by atoms with Crippen LogP contribution in [0.5, 0.6) is 5.75 Å². The molecule has 1 aliphatic rings. The lowest BCUT2D eigenvalue weighted by Crippen LogP contribution is -2.53. The zero-order valence-corrected chi connectivity index (χ0v) is 26.7. The Hall–Kier alpha value is -3.56. The van der Waals surface area contributed by atoms with E-state index in [2.05, 4.69) is 5.32 Å². The molecule has 3 aromatic carbocycles. The summed E-state index contributed by atoms with van der Waals surface area (Å²) in [4.78, 5) is 29.1. The topological polar surface area (TPSA) is 96.0 Å². The number of sulfonamides is 1. The molecule has 0 aromatic heterocycles. The first-order valence-electron chi connectivity index (χ1n) is 14.6. The summed E-state index contributed by atoms with van der Waals surface area (Å²) < 4.78 is 34.4. The van der Waals surface area contributed by atoms with Gasteiger partial charge in [0.1, 0.15) is 18.3 Å². The average molecular weight is 626 g/mol. The summed E-state index contributed by atoms with van der Waals surface area (Å²) in [6.45, 7) is 5.12. The summed E-state index contributed by atoms with van der Waals surface area (Å²) in [6.07, 6.45) is 5.08. The number of benzene rings is 3. The van der Waals surface area contributed by atoms with Crippen LogP contribution in [0.2, 0.25) is 5.02 Å². The Balaban J connectivity index is 1.70. The summed E-state index contributed by atoms with van der Waals surface area (Å²) in [7, 11) is -2.73. The molecule has 0 saturated heterocycles. The van der Waals surface area contributed by atoms with Crippen LogP contribution in [0.4, 0.5) is 5.69 Å². The van der Waals surface area contributed by atoms with Crippen molar-refractivity contribution >= 4 is 39.1 Å². The van der Waals surface area contributed by atoms with Crippen LogP contribution in [0.25, 0.3) is 0 Å². The molecule has 0 bridgehead atoms. The second-order valence-electron chi connectivity index (χ2n) is 11.2. The fourth-order valence-electron chi connectivity index (χ4n) is 5.34. The maximum atomic E-state index is 14.2. The molecule has 1 saturated carbocycles. The van der Waals surface area contributed by atoms with Crippen molar-refractivity contribution in [1.82, 2.24) is 10.2 Å². The smallest absolute Gasteiger partial charge is 0.264 e. The van der Waals surface area contributed by atoms with Gasteiger partial charge in [0.05, 0.1) is 22.7 Å². The van der Waals surface area contributed by atoms with Crippen molar-refractivity contribution in [3.8, 4) is 5.75 Å². The van der Waals surface area contributed by atoms with Gasteiger partial charge < -0.3 is 15.0 Å². The second-order valence-corrected chi connectivity index (χ2v) is 13.4. The Morgan fingerprint density at radius 2 is 1.67 bits per heavy atom. The number of rotatable bonds is 11. The zero-order chi connectivity index (χ0) is 31.1. The molecule has 1 N–H and O–H groups in total. The Morgan fingerprint density at radius 1 is 0.977 bits per heavy atom. The average Bonchev–Trinajstić information content (AvgIpc) is 2.99. The van der Waals surface area contributed by atoms with Gasteiger partial charge in [-0.2, -0.15) is 0 Å². The number of anilines is 1.